The lowest BCUT2D eigenvalue weighted by atomic mass is 9.93. The van der Waals surface area contributed by atoms with Gasteiger partial charge in [-0.2, -0.15) is 9.83 Å². The quantitative estimate of drug-likeness (QED) is 0.401. The fourth-order valence-electron chi connectivity index (χ4n) is 5.19. The molecule has 1 unspecified atom stereocenters. The SMILES string of the molecule is Cc1c(-c2ccc(NC(=O)C(NC(=O)c3ccnn3C)[C@H]3C[C@@H]4C[C@@H]4C3)cc2F)c(Cl)cc[n+]1[O-]. The van der Waals surface area contributed by atoms with Gasteiger partial charge in [-0.1, -0.05) is 11.6 Å². The van der Waals surface area contributed by atoms with Gasteiger partial charge < -0.3 is 15.8 Å². The van der Waals surface area contributed by atoms with Gasteiger partial charge >= 0.3 is 0 Å². The van der Waals surface area contributed by atoms with Gasteiger partial charge in [-0.05, 0) is 61.3 Å². The van der Waals surface area contributed by atoms with Crippen LogP contribution in [0.1, 0.15) is 35.4 Å². The summed E-state index contributed by atoms with van der Waals surface area (Å²) in [5, 5.41) is 21.9. The topological polar surface area (TPSA) is 103 Å². The van der Waals surface area contributed by atoms with E-state index in [9.17, 15) is 14.8 Å². The molecule has 2 amide bonds. The molecule has 2 aliphatic rings. The van der Waals surface area contributed by atoms with Gasteiger partial charge in [-0.15, -0.1) is 0 Å². The Morgan fingerprint density at radius 2 is 1.97 bits per heavy atom. The average Bonchev–Trinajstić information content (AvgIpc) is 3.20. The minimum atomic E-state index is -0.752. The summed E-state index contributed by atoms with van der Waals surface area (Å²) in [5.74, 6) is -0.168. The molecule has 4 atom stereocenters. The monoisotopic (exact) mass is 497 g/mol. The Morgan fingerprint density at radius 1 is 1.23 bits per heavy atom. The highest BCUT2D eigenvalue weighted by molar-refractivity contribution is 6.33. The summed E-state index contributed by atoms with van der Waals surface area (Å²) >= 11 is 6.23. The summed E-state index contributed by atoms with van der Waals surface area (Å²) in [7, 11) is 1.66. The van der Waals surface area contributed by atoms with Crippen LogP contribution in [-0.4, -0.2) is 27.6 Å². The van der Waals surface area contributed by atoms with Crippen molar-refractivity contribution in [1.82, 2.24) is 15.1 Å². The van der Waals surface area contributed by atoms with E-state index in [4.69, 9.17) is 11.6 Å². The predicted molar refractivity (Wildman–Crippen MR) is 128 cm³/mol. The molecule has 182 valence electrons. The predicted octanol–water partition coefficient (Wildman–Crippen LogP) is 3.60. The molecule has 3 aromatic rings. The molecular weight excluding hydrogens is 473 g/mol. The third-order valence-electron chi connectivity index (χ3n) is 7.17. The standard InChI is InChI=1S/C25H25ClFN5O3/c1-13-22(19(26)6-8-32(13)35)18-4-3-17(12-20(18)27)29-25(34)23(16-10-14-9-15(14)11-16)30-24(33)21-5-7-28-31(21)2/h3-8,12,14-16,23H,9-11H2,1-2H3,(H,29,34)(H,30,33)/t14-,15+,16-,23?. The van der Waals surface area contributed by atoms with E-state index in [1.54, 1.807) is 26.1 Å². The Balaban J connectivity index is 1.37. The number of pyridine rings is 1. The maximum Gasteiger partial charge on any atom is 0.270 e. The van der Waals surface area contributed by atoms with Gasteiger partial charge in [0.25, 0.3) is 5.91 Å². The number of benzene rings is 1. The maximum atomic E-state index is 15.1. The van der Waals surface area contributed by atoms with Crippen LogP contribution in [0.15, 0.2) is 42.7 Å². The van der Waals surface area contributed by atoms with Crippen LogP contribution in [0.25, 0.3) is 11.1 Å². The van der Waals surface area contributed by atoms with E-state index >= 15 is 4.39 Å². The maximum absolute atomic E-state index is 15.1. The summed E-state index contributed by atoms with van der Waals surface area (Å²) in [6, 6.07) is 6.48. The number of halogens is 2. The van der Waals surface area contributed by atoms with Crippen molar-refractivity contribution in [3.63, 3.8) is 0 Å². The van der Waals surface area contributed by atoms with Crippen molar-refractivity contribution in [2.45, 2.75) is 32.2 Å². The zero-order chi connectivity index (χ0) is 24.9. The van der Waals surface area contributed by atoms with Crippen molar-refractivity contribution < 1.29 is 18.7 Å². The van der Waals surface area contributed by atoms with Crippen LogP contribution in [0.3, 0.4) is 0 Å². The summed E-state index contributed by atoms with van der Waals surface area (Å²) in [6.07, 6.45) is 5.72. The Labute approximate surface area is 206 Å². The first-order valence-electron chi connectivity index (χ1n) is 11.5. The molecule has 0 spiro atoms. The summed E-state index contributed by atoms with van der Waals surface area (Å²) < 4.78 is 17.2. The molecule has 10 heteroatoms. The lowest BCUT2D eigenvalue weighted by Gasteiger charge is -2.25. The van der Waals surface area contributed by atoms with E-state index in [-0.39, 0.29) is 33.8 Å². The second kappa shape index (κ2) is 8.96. The fraction of sp³-hybridized carbons (Fsp3) is 0.360. The number of aryl methyl sites for hydroxylation is 1. The van der Waals surface area contributed by atoms with Crippen molar-refractivity contribution in [1.29, 1.82) is 0 Å². The highest BCUT2D eigenvalue weighted by Gasteiger charge is 2.49. The number of carbonyl (C=O) groups is 2. The lowest BCUT2D eigenvalue weighted by Crippen LogP contribution is -2.48. The molecule has 0 aliphatic heterocycles. The first-order chi connectivity index (χ1) is 16.7. The van der Waals surface area contributed by atoms with Gasteiger partial charge in [-0.3, -0.25) is 14.3 Å². The van der Waals surface area contributed by atoms with E-state index in [2.05, 4.69) is 15.7 Å². The highest BCUT2D eigenvalue weighted by atomic mass is 35.5. The molecule has 2 N–H and O–H groups in total. The van der Waals surface area contributed by atoms with Gasteiger partial charge in [0.1, 0.15) is 17.6 Å². The number of aromatic nitrogens is 3. The van der Waals surface area contributed by atoms with E-state index in [1.165, 1.54) is 41.7 Å². The van der Waals surface area contributed by atoms with E-state index in [0.29, 0.717) is 27.8 Å². The Bertz CT molecular complexity index is 1320. The molecule has 2 aromatic heterocycles. The van der Waals surface area contributed by atoms with Crippen molar-refractivity contribution in [2.24, 2.45) is 24.8 Å². The number of carbonyl (C=O) groups excluding carboxylic acids is 2. The molecule has 35 heavy (non-hydrogen) atoms. The molecular formula is C25H25ClFN5O3. The largest absolute Gasteiger partial charge is 0.618 e. The zero-order valence-electron chi connectivity index (χ0n) is 19.3. The van der Waals surface area contributed by atoms with Gasteiger partial charge in [0.2, 0.25) is 5.91 Å². The van der Waals surface area contributed by atoms with Crippen LogP contribution < -0.4 is 15.4 Å². The van der Waals surface area contributed by atoms with Crippen LogP contribution in [-0.2, 0) is 11.8 Å². The number of hydrogen-bond donors (Lipinski definition) is 2. The van der Waals surface area contributed by atoms with Crippen LogP contribution in [0, 0.1) is 35.7 Å². The number of fused-ring (bicyclic) bond motifs is 1. The molecule has 8 nitrogen and oxygen atoms in total. The van der Waals surface area contributed by atoms with Crippen LogP contribution in [0.5, 0.6) is 0 Å². The first-order valence-corrected chi connectivity index (χ1v) is 11.9. The normalized spacial score (nSPS) is 21.3. The van der Waals surface area contributed by atoms with Crippen molar-refractivity contribution in [3.05, 3.63) is 70.2 Å². The molecule has 2 heterocycles. The fourth-order valence-corrected chi connectivity index (χ4v) is 5.49. The number of rotatable bonds is 6. The van der Waals surface area contributed by atoms with Gasteiger partial charge in [0.15, 0.2) is 11.9 Å². The van der Waals surface area contributed by atoms with Crippen molar-refractivity contribution in [2.75, 3.05) is 5.32 Å². The second-order valence-electron chi connectivity index (χ2n) is 9.41. The Morgan fingerprint density at radius 3 is 2.63 bits per heavy atom. The van der Waals surface area contributed by atoms with Crippen molar-refractivity contribution >= 4 is 29.1 Å². The Kier molecular flexibility index (Phi) is 5.96. The number of anilines is 1. The van der Waals surface area contributed by atoms with Gasteiger partial charge in [-0.25, -0.2) is 4.39 Å². The second-order valence-corrected chi connectivity index (χ2v) is 9.82. The third kappa shape index (κ3) is 4.48. The van der Waals surface area contributed by atoms with Gasteiger partial charge in [0.05, 0.1) is 10.6 Å². The van der Waals surface area contributed by atoms with E-state index in [0.717, 1.165) is 12.8 Å². The van der Waals surface area contributed by atoms with Crippen LogP contribution in [0.2, 0.25) is 5.02 Å². The number of nitrogens with one attached hydrogen (secondary N) is 2. The first kappa shape index (κ1) is 23.3. The van der Waals surface area contributed by atoms with Crippen LogP contribution in [0.4, 0.5) is 10.1 Å². The third-order valence-corrected chi connectivity index (χ3v) is 7.48. The van der Waals surface area contributed by atoms with E-state index < -0.39 is 17.8 Å². The minimum Gasteiger partial charge on any atom is -0.618 e. The van der Waals surface area contributed by atoms with Gasteiger partial charge in [0, 0.05) is 37.5 Å². The Hall–Kier alpha value is -3.46. The lowest BCUT2D eigenvalue weighted by molar-refractivity contribution is -0.611. The summed E-state index contributed by atoms with van der Waals surface area (Å²) in [4.78, 5) is 26.1. The summed E-state index contributed by atoms with van der Waals surface area (Å²) in [5.41, 5.74) is 1.33. The number of nitrogens with zero attached hydrogens (tertiary/aromatic N) is 3. The molecule has 0 saturated heterocycles. The van der Waals surface area contributed by atoms with Crippen LogP contribution >= 0.6 is 11.6 Å². The molecule has 2 saturated carbocycles. The zero-order valence-corrected chi connectivity index (χ0v) is 20.1. The molecule has 2 aliphatic carbocycles. The average molecular weight is 498 g/mol. The molecule has 1 aromatic carbocycles. The molecule has 2 fully saturated rings. The molecule has 0 radical (unpaired) electrons. The smallest absolute Gasteiger partial charge is 0.270 e. The molecule has 5 rings (SSSR count). The number of amides is 2. The highest BCUT2D eigenvalue weighted by Crippen LogP contribution is 2.55. The van der Waals surface area contributed by atoms with E-state index in [1.807, 2.05) is 0 Å². The minimum absolute atomic E-state index is 0.0123. The van der Waals surface area contributed by atoms with Crippen molar-refractivity contribution in [3.8, 4) is 11.1 Å². The molecule has 0 bridgehead atoms. The summed E-state index contributed by atoms with van der Waals surface area (Å²) in [6.45, 7) is 1.56. The number of hydrogen-bond acceptors (Lipinski definition) is 4.